The smallest absolute Gasteiger partial charge is 0.201 e. The van der Waals surface area contributed by atoms with E-state index < -0.39 is 17.5 Å². The normalized spacial score (nSPS) is 18.9. The van der Waals surface area contributed by atoms with Crippen LogP contribution in [0.5, 0.6) is 5.75 Å². The van der Waals surface area contributed by atoms with Crippen LogP contribution in [0.1, 0.15) is 56.9 Å². The lowest BCUT2D eigenvalue weighted by Gasteiger charge is -2.29. The summed E-state index contributed by atoms with van der Waals surface area (Å²) in [6, 6.07) is 7.42. The molecule has 0 bridgehead atoms. The highest BCUT2D eigenvalue weighted by atomic mass is 19.2. The molecule has 2 nitrogen and oxygen atoms in total. The third-order valence-electron chi connectivity index (χ3n) is 5.59. The molecular formula is C25H29F3O2. The van der Waals surface area contributed by atoms with Crippen molar-refractivity contribution in [1.29, 1.82) is 0 Å². The molecule has 1 aliphatic heterocycles. The largest absolute Gasteiger partial charge is 0.490 e. The minimum absolute atomic E-state index is 0.0361. The molecule has 0 amide bonds. The zero-order valence-electron chi connectivity index (χ0n) is 17.4. The van der Waals surface area contributed by atoms with Gasteiger partial charge in [-0.05, 0) is 55.9 Å². The van der Waals surface area contributed by atoms with Crippen LogP contribution < -0.4 is 4.74 Å². The number of hydrogen-bond acceptors (Lipinski definition) is 2. The van der Waals surface area contributed by atoms with E-state index in [0.29, 0.717) is 13.0 Å². The summed E-state index contributed by atoms with van der Waals surface area (Å²) in [6.45, 7) is 6.55. The molecule has 0 aliphatic carbocycles. The second kappa shape index (κ2) is 10.7. The Bertz CT molecular complexity index is 858. The second-order valence-corrected chi connectivity index (χ2v) is 7.78. The minimum atomic E-state index is -1.11. The Labute approximate surface area is 176 Å². The number of hydrogen-bond donors (Lipinski definition) is 0. The molecule has 2 aromatic rings. The lowest BCUT2D eigenvalue weighted by atomic mass is 9.89. The van der Waals surface area contributed by atoms with Crippen LogP contribution in [-0.2, 0) is 4.74 Å². The van der Waals surface area contributed by atoms with E-state index >= 15 is 0 Å². The third kappa shape index (κ3) is 5.25. The molecular weight excluding hydrogens is 389 g/mol. The second-order valence-electron chi connectivity index (χ2n) is 7.78. The fraction of sp³-hybridized carbons (Fsp3) is 0.440. The predicted octanol–water partition coefficient (Wildman–Crippen LogP) is 7.18. The van der Waals surface area contributed by atoms with Gasteiger partial charge in [0.2, 0.25) is 5.82 Å². The molecule has 0 radical (unpaired) electrons. The van der Waals surface area contributed by atoms with Gasteiger partial charge in [-0.25, -0.2) is 8.78 Å². The molecule has 0 saturated carbocycles. The van der Waals surface area contributed by atoms with Crippen molar-refractivity contribution >= 4 is 0 Å². The SMILES string of the molecule is C=CCCCOc1ccc(-c2ccc(C3CCC(CCC)OC3)cc2F)c(F)c1F. The van der Waals surface area contributed by atoms with Gasteiger partial charge in [-0.1, -0.05) is 31.6 Å². The molecule has 2 aromatic carbocycles. The first-order valence-corrected chi connectivity index (χ1v) is 10.7. The van der Waals surface area contributed by atoms with E-state index in [1.165, 1.54) is 24.3 Å². The molecule has 1 fully saturated rings. The molecule has 1 aliphatic rings. The monoisotopic (exact) mass is 418 g/mol. The lowest BCUT2D eigenvalue weighted by Crippen LogP contribution is -2.24. The van der Waals surface area contributed by atoms with Crippen molar-refractivity contribution in [3.63, 3.8) is 0 Å². The summed E-state index contributed by atoms with van der Waals surface area (Å²) in [7, 11) is 0. The first-order chi connectivity index (χ1) is 14.5. The fourth-order valence-corrected chi connectivity index (χ4v) is 3.88. The third-order valence-corrected chi connectivity index (χ3v) is 5.59. The van der Waals surface area contributed by atoms with Gasteiger partial charge in [0.15, 0.2) is 11.6 Å². The maximum atomic E-state index is 14.8. The topological polar surface area (TPSA) is 18.5 Å². The van der Waals surface area contributed by atoms with Gasteiger partial charge in [0.1, 0.15) is 5.82 Å². The highest BCUT2D eigenvalue weighted by molar-refractivity contribution is 5.66. The van der Waals surface area contributed by atoms with E-state index in [0.717, 1.165) is 37.7 Å². The van der Waals surface area contributed by atoms with E-state index in [-0.39, 0.29) is 35.5 Å². The number of allylic oxidation sites excluding steroid dienone is 1. The van der Waals surface area contributed by atoms with Crippen LogP contribution in [0.15, 0.2) is 43.0 Å². The molecule has 1 heterocycles. The summed E-state index contributed by atoms with van der Waals surface area (Å²) < 4.78 is 55.0. The summed E-state index contributed by atoms with van der Waals surface area (Å²) in [5.41, 5.74) is 0.751. The van der Waals surface area contributed by atoms with Crippen molar-refractivity contribution < 1.29 is 22.6 Å². The van der Waals surface area contributed by atoms with Gasteiger partial charge in [-0.2, -0.15) is 4.39 Å². The van der Waals surface area contributed by atoms with E-state index in [9.17, 15) is 13.2 Å². The maximum absolute atomic E-state index is 14.8. The maximum Gasteiger partial charge on any atom is 0.201 e. The van der Waals surface area contributed by atoms with Crippen LogP contribution in [0.4, 0.5) is 13.2 Å². The van der Waals surface area contributed by atoms with Crippen molar-refractivity contribution in [2.45, 2.75) is 57.5 Å². The Morgan fingerprint density at radius 2 is 1.90 bits per heavy atom. The quantitative estimate of drug-likeness (QED) is 0.317. The molecule has 30 heavy (non-hydrogen) atoms. The van der Waals surface area contributed by atoms with Crippen molar-refractivity contribution in [2.24, 2.45) is 0 Å². The number of unbranched alkanes of at least 4 members (excludes halogenated alkanes) is 1. The molecule has 0 aromatic heterocycles. The zero-order valence-corrected chi connectivity index (χ0v) is 17.4. The number of rotatable bonds is 9. The zero-order chi connectivity index (χ0) is 21.5. The molecule has 162 valence electrons. The summed E-state index contributed by atoms with van der Waals surface area (Å²) in [5, 5.41) is 0. The van der Waals surface area contributed by atoms with Crippen LogP contribution >= 0.6 is 0 Å². The fourth-order valence-electron chi connectivity index (χ4n) is 3.88. The van der Waals surface area contributed by atoms with Crippen molar-refractivity contribution in [1.82, 2.24) is 0 Å². The average Bonchev–Trinajstić information content (AvgIpc) is 2.75. The first kappa shape index (κ1) is 22.4. The van der Waals surface area contributed by atoms with E-state index in [4.69, 9.17) is 9.47 Å². The number of benzene rings is 2. The van der Waals surface area contributed by atoms with Crippen molar-refractivity contribution in [3.8, 4) is 16.9 Å². The Morgan fingerprint density at radius 3 is 2.57 bits per heavy atom. The van der Waals surface area contributed by atoms with Gasteiger partial charge in [0.05, 0.1) is 19.3 Å². The summed E-state index contributed by atoms with van der Waals surface area (Å²) in [5.74, 6) is -2.82. The van der Waals surface area contributed by atoms with Gasteiger partial charge >= 0.3 is 0 Å². The summed E-state index contributed by atoms with van der Waals surface area (Å²) in [6.07, 6.45) is 7.42. The first-order valence-electron chi connectivity index (χ1n) is 10.7. The van der Waals surface area contributed by atoms with Gasteiger partial charge in [0, 0.05) is 17.0 Å². The number of halogens is 3. The van der Waals surface area contributed by atoms with Crippen LogP contribution in [-0.4, -0.2) is 19.3 Å². The van der Waals surface area contributed by atoms with E-state index in [1.807, 2.05) is 0 Å². The van der Waals surface area contributed by atoms with Gasteiger partial charge < -0.3 is 9.47 Å². The Balaban J connectivity index is 1.73. The van der Waals surface area contributed by atoms with E-state index in [1.54, 1.807) is 12.1 Å². The van der Waals surface area contributed by atoms with Gasteiger partial charge in [0.25, 0.3) is 0 Å². The highest BCUT2D eigenvalue weighted by Gasteiger charge is 2.24. The summed E-state index contributed by atoms with van der Waals surface area (Å²) in [4.78, 5) is 0. The molecule has 2 atom stereocenters. The Morgan fingerprint density at radius 1 is 1.10 bits per heavy atom. The molecule has 3 rings (SSSR count). The molecule has 0 N–H and O–H groups in total. The summed E-state index contributed by atoms with van der Waals surface area (Å²) >= 11 is 0. The lowest BCUT2D eigenvalue weighted by molar-refractivity contribution is -0.00115. The molecule has 0 spiro atoms. The molecule has 1 saturated heterocycles. The van der Waals surface area contributed by atoms with Crippen LogP contribution in [0.2, 0.25) is 0 Å². The highest BCUT2D eigenvalue weighted by Crippen LogP contribution is 2.35. The van der Waals surface area contributed by atoms with Crippen molar-refractivity contribution in [2.75, 3.05) is 13.2 Å². The van der Waals surface area contributed by atoms with Gasteiger partial charge in [-0.15, -0.1) is 6.58 Å². The Kier molecular flexibility index (Phi) is 7.97. The predicted molar refractivity (Wildman–Crippen MR) is 113 cm³/mol. The Hall–Kier alpha value is -2.27. The molecule has 5 heteroatoms. The van der Waals surface area contributed by atoms with Crippen LogP contribution in [0, 0.1) is 17.5 Å². The average molecular weight is 418 g/mol. The standard InChI is InChI=1S/C25H29F3O2/c1-3-5-6-14-29-23-13-12-21(24(27)25(23)28)20-11-9-17(15-22(20)26)18-8-10-19(7-4-2)30-16-18/h3,9,11-13,15,18-19H,1,4-8,10,14,16H2,2H3. The van der Waals surface area contributed by atoms with Crippen LogP contribution in [0.25, 0.3) is 11.1 Å². The van der Waals surface area contributed by atoms with Gasteiger partial charge in [-0.3, -0.25) is 0 Å². The van der Waals surface area contributed by atoms with Crippen molar-refractivity contribution in [3.05, 3.63) is 66.0 Å². The minimum Gasteiger partial charge on any atom is -0.490 e. The molecule has 2 unspecified atom stereocenters. The number of ether oxygens (including phenoxy) is 2. The van der Waals surface area contributed by atoms with E-state index in [2.05, 4.69) is 13.5 Å². The van der Waals surface area contributed by atoms with Crippen LogP contribution in [0.3, 0.4) is 0 Å².